The number of nitrogens with zero attached hydrogens (tertiary/aromatic N) is 2. The number of likely N-dealkylation sites (tertiary alicyclic amines) is 1. The van der Waals surface area contributed by atoms with Crippen molar-refractivity contribution in [2.24, 2.45) is 0 Å². The fourth-order valence-corrected chi connectivity index (χ4v) is 4.26. The Morgan fingerprint density at radius 1 is 1.12 bits per heavy atom. The highest BCUT2D eigenvalue weighted by molar-refractivity contribution is 6.40. The molecule has 3 rings (SSSR count). The van der Waals surface area contributed by atoms with Gasteiger partial charge in [0.1, 0.15) is 5.69 Å². The van der Waals surface area contributed by atoms with E-state index in [9.17, 15) is 14.4 Å². The van der Waals surface area contributed by atoms with Crippen molar-refractivity contribution >= 4 is 46.6 Å². The molecule has 2 aromatic rings. The highest BCUT2D eigenvalue weighted by Gasteiger charge is 2.24. The molecule has 178 valence electrons. The fourth-order valence-electron chi connectivity index (χ4n) is 3.69. The molecule has 12 heteroatoms. The molecular formula is C21H26Cl2N6O4. The van der Waals surface area contributed by atoms with Crippen molar-refractivity contribution in [3.63, 3.8) is 0 Å². The molecule has 0 atom stereocenters. The molecule has 0 saturated carbocycles. The Balaban J connectivity index is 1.48. The van der Waals surface area contributed by atoms with Gasteiger partial charge in [0.2, 0.25) is 5.91 Å². The Hall–Kier alpha value is -2.66. The van der Waals surface area contributed by atoms with E-state index in [-0.39, 0.29) is 44.8 Å². The van der Waals surface area contributed by atoms with Gasteiger partial charge in [0.05, 0.1) is 27.5 Å². The van der Waals surface area contributed by atoms with E-state index in [4.69, 9.17) is 28.4 Å². The molecule has 33 heavy (non-hydrogen) atoms. The van der Waals surface area contributed by atoms with Crippen LogP contribution in [-0.4, -0.2) is 63.7 Å². The van der Waals surface area contributed by atoms with Crippen molar-refractivity contribution < 1.29 is 19.6 Å². The number of nitrogens with one attached hydrogen (secondary N) is 4. The Bertz CT molecular complexity index is 971. The minimum absolute atomic E-state index is 0.00113. The number of halogens is 2. The summed E-state index contributed by atoms with van der Waals surface area (Å²) in [7, 11) is 0. The average Bonchev–Trinajstić information content (AvgIpc) is 3.25. The molecule has 2 heterocycles. The number of piperidine rings is 1. The van der Waals surface area contributed by atoms with Crippen LogP contribution in [-0.2, 0) is 4.79 Å². The first-order valence-electron chi connectivity index (χ1n) is 10.6. The van der Waals surface area contributed by atoms with Crippen LogP contribution in [0.5, 0.6) is 0 Å². The molecular weight excluding hydrogens is 471 g/mol. The number of benzene rings is 1. The van der Waals surface area contributed by atoms with Crippen LogP contribution in [0.2, 0.25) is 10.0 Å². The summed E-state index contributed by atoms with van der Waals surface area (Å²) in [4.78, 5) is 38.7. The minimum Gasteiger partial charge on any atom is -0.348 e. The lowest BCUT2D eigenvalue weighted by Crippen LogP contribution is -2.45. The lowest BCUT2D eigenvalue weighted by atomic mass is 10.0. The first-order chi connectivity index (χ1) is 15.9. The predicted octanol–water partition coefficient (Wildman–Crippen LogP) is 2.84. The van der Waals surface area contributed by atoms with Gasteiger partial charge in [0, 0.05) is 25.6 Å². The lowest BCUT2D eigenvalue weighted by molar-refractivity contribution is -0.129. The van der Waals surface area contributed by atoms with Gasteiger partial charge < -0.3 is 15.5 Å². The van der Waals surface area contributed by atoms with Gasteiger partial charge in [-0.05, 0) is 44.4 Å². The molecule has 5 N–H and O–H groups in total. The molecule has 1 aromatic heterocycles. The van der Waals surface area contributed by atoms with E-state index in [1.165, 1.54) is 6.20 Å². The van der Waals surface area contributed by atoms with Crippen LogP contribution in [0.3, 0.4) is 0 Å². The number of anilines is 1. The van der Waals surface area contributed by atoms with Gasteiger partial charge in [-0.15, -0.1) is 0 Å². The summed E-state index contributed by atoms with van der Waals surface area (Å²) >= 11 is 12.2. The number of hydroxylamine groups is 1. The normalized spacial score (nSPS) is 14.6. The molecule has 0 unspecified atom stereocenters. The van der Waals surface area contributed by atoms with Gasteiger partial charge >= 0.3 is 0 Å². The largest absolute Gasteiger partial charge is 0.348 e. The van der Waals surface area contributed by atoms with Crippen LogP contribution in [0, 0.1) is 0 Å². The fraction of sp³-hybridized carbons (Fsp3) is 0.429. The predicted molar refractivity (Wildman–Crippen MR) is 124 cm³/mol. The molecule has 1 aromatic carbocycles. The van der Waals surface area contributed by atoms with E-state index in [1.54, 1.807) is 23.7 Å². The molecule has 1 fully saturated rings. The molecule has 3 amide bonds. The van der Waals surface area contributed by atoms with Crippen molar-refractivity contribution in [2.45, 2.75) is 38.1 Å². The van der Waals surface area contributed by atoms with Crippen molar-refractivity contribution in [1.29, 1.82) is 0 Å². The molecule has 0 bridgehead atoms. The maximum atomic E-state index is 12.8. The Morgan fingerprint density at radius 2 is 1.82 bits per heavy atom. The summed E-state index contributed by atoms with van der Waals surface area (Å²) < 4.78 is 0. The number of carbonyl (C=O) groups is 3. The first-order valence-corrected chi connectivity index (χ1v) is 11.4. The summed E-state index contributed by atoms with van der Waals surface area (Å²) in [5.74, 6) is -1.27. The third-order valence-corrected chi connectivity index (χ3v) is 6.11. The monoisotopic (exact) mass is 496 g/mol. The molecule has 10 nitrogen and oxygen atoms in total. The zero-order valence-corrected chi connectivity index (χ0v) is 19.4. The van der Waals surface area contributed by atoms with Crippen molar-refractivity contribution in [2.75, 3.05) is 25.0 Å². The van der Waals surface area contributed by atoms with Gasteiger partial charge in [-0.25, -0.2) is 5.48 Å². The molecule has 0 radical (unpaired) electrons. The summed E-state index contributed by atoms with van der Waals surface area (Å²) in [6, 6.07) is 4.76. The number of aromatic amines is 1. The molecule has 0 aliphatic carbocycles. The number of hydrogen-bond donors (Lipinski definition) is 5. The van der Waals surface area contributed by atoms with E-state index >= 15 is 0 Å². The highest BCUT2D eigenvalue weighted by atomic mass is 35.5. The van der Waals surface area contributed by atoms with Gasteiger partial charge in [-0.1, -0.05) is 29.3 Å². The zero-order chi connectivity index (χ0) is 23.8. The molecule has 1 aliphatic heterocycles. The number of H-pyrrole nitrogens is 1. The van der Waals surface area contributed by atoms with E-state index in [2.05, 4.69) is 25.7 Å². The van der Waals surface area contributed by atoms with E-state index < -0.39 is 5.91 Å². The standard InChI is InChI=1S/C21H26Cl2N6O4/c22-14-4-3-5-15(23)18(14)20(31)26-16-12-24-27-19(16)21(32)25-13-7-10-29(11-8-13)9-2-1-6-17(30)28-33/h3-5,12-13,33H,1-2,6-11H2,(H,24,27)(H,25,32)(H,26,31)(H,28,30). The SMILES string of the molecule is O=C(CCCCN1CCC(NC(=O)c2[nH]ncc2NC(=O)c2c(Cl)cccc2Cl)CC1)NO. The van der Waals surface area contributed by atoms with Gasteiger partial charge in [-0.3, -0.25) is 24.7 Å². The Morgan fingerprint density at radius 3 is 2.48 bits per heavy atom. The van der Waals surface area contributed by atoms with Gasteiger partial charge in [0.15, 0.2) is 0 Å². The van der Waals surface area contributed by atoms with Crippen LogP contribution in [0.15, 0.2) is 24.4 Å². The van der Waals surface area contributed by atoms with Crippen LogP contribution < -0.4 is 16.1 Å². The number of carbonyl (C=O) groups excluding carboxylic acids is 3. The number of unbranched alkanes of at least 4 members (excludes halogenated alkanes) is 1. The third kappa shape index (κ3) is 6.91. The number of amides is 3. The summed E-state index contributed by atoms with van der Waals surface area (Å²) in [5.41, 5.74) is 2.14. The quantitative estimate of drug-likeness (QED) is 0.205. The average molecular weight is 497 g/mol. The van der Waals surface area contributed by atoms with Crippen LogP contribution >= 0.6 is 23.2 Å². The van der Waals surface area contributed by atoms with E-state index in [1.807, 2.05) is 0 Å². The molecule has 1 saturated heterocycles. The van der Waals surface area contributed by atoms with Crippen molar-refractivity contribution in [3.8, 4) is 0 Å². The smallest absolute Gasteiger partial charge is 0.271 e. The summed E-state index contributed by atoms with van der Waals surface area (Å²) in [5, 5.41) is 21.1. The van der Waals surface area contributed by atoms with E-state index in [0.29, 0.717) is 12.8 Å². The highest BCUT2D eigenvalue weighted by Crippen LogP contribution is 2.26. The maximum Gasteiger partial charge on any atom is 0.271 e. The van der Waals surface area contributed by atoms with Crippen LogP contribution in [0.4, 0.5) is 5.69 Å². The van der Waals surface area contributed by atoms with Crippen molar-refractivity contribution in [1.82, 2.24) is 25.9 Å². The van der Waals surface area contributed by atoms with Gasteiger partial charge in [-0.2, -0.15) is 5.10 Å². The second kappa shape index (κ2) is 12.0. The van der Waals surface area contributed by atoms with Gasteiger partial charge in [0.25, 0.3) is 11.8 Å². The number of aromatic nitrogens is 2. The molecule has 0 spiro atoms. The maximum absolute atomic E-state index is 12.8. The lowest BCUT2D eigenvalue weighted by Gasteiger charge is -2.32. The second-order valence-electron chi connectivity index (χ2n) is 7.79. The van der Waals surface area contributed by atoms with Crippen molar-refractivity contribution in [3.05, 3.63) is 45.7 Å². The minimum atomic E-state index is -0.536. The Kier molecular flexibility index (Phi) is 9.07. The van der Waals surface area contributed by atoms with E-state index in [0.717, 1.165) is 38.9 Å². The number of hydrogen-bond acceptors (Lipinski definition) is 6. The number of rotatable bonds is 9. The second-order valence-corrected chi connectivity index (χ2v) is 8.61. The Labute approximate surface area is 201 Å². The molecule has 1 aliphatic rings. The zero-order valence-electron chi connectivity index (χ0n) is 17.9. The first kappa shape index (κ1) is 25.0. The van der Waals surface area contributed by atoms with Crippen LogP contribution in [0.25, 0.3) is 0 Å². The summed E-state index contributed by atoms with van der Waals surface area (Å²) in [6.45, 7) is 2.52. The third-order valence-electron chi connectivity index (χ3n) is 5.48. The topological polar surface area (TPSA) is 139 Å². The van der Waals surface area contributed by atoms with Crippen LogP contribution in [0.1, 0.15) is 53.0 Å². The summed E-state index contributed by atoms with van der Waals surface area (Å²) in [6.07, 6.45) is 4.79.